The highest BCUT2D eigenvalue weighted by Crippen LogP contribution is 2.16. The second-order valence-corrected chi connectivity index (χ2v) is 6.52. The average molecular weight is 340 g/mol. The molecule has 0 aromatic rings. The Balaban J connectivity index is 2.22. The van der Waals surface area contributed by atoms with Crippen LogP contribution in [0.5, 0.6) is 0 Å². The minimum Gasteiger partial charge on any atom is -0.357 e. The predicted octanol–water partition coefficient (Wildman–Crippen LogP) is 1.72. The predicted molar refractivity (Wildman–Crippen MR) is 101 cm³/mol. The molecule has 6 heteroatoms. The number of rotatable bonds is 10. The van der Waals surface area contributed by atoms with Crippen molar-refractivity contribution in [2.24, 2.45) is 4.99 Å². The standard InChI is InChI=1S/C18H37N5O/c1-4-11-20-17(24)10-13-22-18(19-5-2)21-12-8-15-23-14-7-6-9-16(23)3/h16H,4-15H2,1-3H3,(H,20,24)(H2,19,21,22). The number of carbonyl (C=O) groups excluding carboxylic acids is 1. The highest BCUT2D eigenvalue weighted by molar-refractivity contribution is 5.81. The summed E-state index contributed by atoms with van der Waals surface area (Å²) in [6.45, 7) is 11.8. The normalized spacial score (nSPS) is 19.1. The average Bonchev–Trinajstić information content (AvgIpc) is 2.58. The van der Waals surface area contributed by atoms with Gasteiger partial charge in [0.25, 0.3) is 0 Å². The summed E-state index contributed by atoms with van der Waals surface area (Å²) in [6, 6.07) is 0.718. The van der Waals surface area contributed by atoms with Crippen molar-refractivity contribution < 1.29 is 4.79 Å². The third kappa shape index (κ3) is 9.11. The molecule has 1 atom stereocenters. The lowest BCUT2D eigenvalue weighted by molar-refractivity contribution is -0.120. The first-order chi connectivity index (χ1) is 11.7. The second kappa shape index (κ2) is 13.0. The zero-order valence-electron chi connectivity index (χ0n) is 15.9. The third-order valence-corrected chi connectivity index (χ3v) is 4.37. The summed E-state index contributed by atoms with van der Waals surface area (Å²) >= 11 is 0. The zero-order chi connectivity index (χ0) is 17.6. The largest absolute Gasteiger partial charge is 0.357 e. The molecule has 0 radical (unpaired) electrons. The van der Waals surface area contributed by atoms with Gasteiger partial charge in [0.1, 0.15) is 0 Å². The molecule has 1 rings (SSSR count). The first kappa shape index (κ1) is 20.7. The Bertz CT molecular complexity index is 372. The van der Waals surface area contributed by atoms with Crippen molar-refractivity contribution in [2.75, 3.05) is 39.3 Å². The van der Waals surface area contributed by atoms with Gasteiger partial charge in [-0.25, -0.2) is 0 Å². The summed E-state index contributed by atoms with van der Waals surface area (Å²) in [6.07, 6.45) is 6.56. The van der Waals surface area contributed by atoms with Gasteiger partial charge in [-0.15, -0.1) is 0 Å². The number of hydrogen-bond acceptors (Lipinski definition) is 3. The van der Waals surface area contributed by atoms with Gasteiger partial charge in [0.15, 0.2) is 5.96 Å². The molecule has 140 valence electrons. The highest BCUT2D eigenvalue weighted by atomic mass is 16.1. The van der Waals surface area contributed by atoms with Gasteiger partial charge in [-0.2, -0.15) is 0 Å². The van der Waals surface area contributed by atoms with Crippen LogP contribution in [-0.4, -0.2) is 62.1 Å². The van der Waals surface area contributed by atoms with E-state index in [0.29, 0.717) is 13.0 Å². The van der Waals surface area contributed by atoms with E-state index in [1.165, 1.54) is 25.8 Å². The zero-order valence-corrected chi connectivity index (χ0v) is 15.9. The van der Waals surface area contributed by atoms with E-state index in [4.69, 9.17) is 0 Å². The van der Waals surface area contributed by atoms with Crippen molar-refractivity contribution in [1.29, 1.82) is 0 Å². The topological polar surface area (TPSA) is 68.8 Å². The number of nitrogens with one attached hydrogen (secondary N) is 3. The summed E-state index contributed by atoms with van der Waals surface area (Å²) in [7, 11) is 0. The number of aliphatic imine (C=N–C) groups is 1. The van der Waals surface area contributed by atoms with Gasteiger partial charge in [-0.1, -0.05) is 13.3 Å². The minimum absolute atomic E-state index is 0.0966. The van der Waals surface area contributed by atoms with E-state index in [1.54, 1.807) is 0 Å². The van der Waals surface area contributed by atoms with E-state index in [1.807, 2.05) is 0 Å². The number of amides is 1. The molecule has 1 fully saturated rings. The lowest BCUT2D eigenvalue weighted by Crippen LogP contribution is -2.40. The lowest BCUT2D eigenvalue weighted by Gasteiger charge is -2.33. The van der Waals surface area contributed by atoms with Gasteiger partial charge in [0, 0.05) is 45.2 Å². The molecule has 6 nitrogen and oxygen atoms in total. The van der Waals surface area contributed by atoms with Crippen molar-refractivity contribution in [3.05, 3.63) is 0 Å². The third-order valence-electron chi connectivity index (χ3n) is 4.37. The van der Waals surface area contributed by atoms with Crippen LogP contribution in [0.4, 0.5) is 0 Å². The lowest BCUT2D eigenvalue weighted by atomic mass is 10.0. The van der Waals surface area contributed by atoms with Gasteiger partial charge in [-0.05, 0) is 46.1 Å². The molecule has 0 spiro atoms. The fourth-order valence-electron chi connectivity index (χ4n) is 2.94. The number of nitrogens with zero attached hydrogens (tertiary/aromatic N) is 2. The van der Waals surface area contributed by atoms with Crippen LogP contribution < -0.4 is 16.0 Å². The Kier molecular flexibility index (Phi) is 11.3. The van der Waals surface area contributed by atoms with Crippen LogP contribution in [0.2, 0.25) is 0 Å². The molecule has 1 saturated heterocycles. The fourth-order valence-corrected chi connectivity index (χ4v) is 2.94. The fraction of sp³-hybridized carbons (Fsp3) is 0.889. The van der Waals surface area contributed by atoms with Crippen molar-refractivity contribution in [2.45, 2.75) is 65.3 Å². The molecule has 3 N–H and O–H groups in total. The van der Waals surface area contributed by atoms with Crippen LogP contribution in [0, 0.1) is 0 Å². The summed E-state index contributed by atoms with van der Waals surface area (Å²) < 4.78 is 0. The van der Waals surface area contributed by atoms with E-state index < -0.39 is 0 Å². The van der Waals surface area contributed by atoms with Gasteiger partial charge in [0.2, 0.25) is 5.91 Å². The van der Waals surface area contributed by atoms with Crippen molar-refractivity contribution in [3.63, 3.8) is 0 Å². The quantitative estimate of drug-likeness (QED) is 0.322. The Morgan fingerprint density at radius 3 is 2.71 bits per heavy atom. The second-order valence-electron chi connectivity index (χ2n) is 6.52. The molecule has 0 aromatic heterocycles. The smallest absolute Gasteiger partial charge is 0.221 e. The van der Waals surface area contributed by atoms with Crippen molar-refractivity contribution in [1.82, 2.24) is 20.9 Å². The molecule has 0 saturated carbocycles. The van der Waals surface area contributed by atoms with E-state index in [9.17, 15) is 4.79 Å². The van der Waals surface area contributed by atoms with E-state index in [0.717, 1.165) is 51.0 Å². The molecule has 0 bridgehead atoms. The van der Waals surface area contributed by atoms with E-state index >= 15 is 0 Å². The van der Waals surface area contributed by atoms with Crippen molar-refractivity contribution in [3.8, 4) is 0 Å². The van der Waals surface area contributed by atoms with Crippen LogP contribution in [0.15, 0.2) is 4.99 Å². The van der Waals surface area contributed by atoms with Gasteiger partial charge in [-0.3, -0.25) is 9.79 Å². The molecular formula is C18H37N5O. The van der Waals surface area contributed by atoms with E-state index in [2.05, 4.69) is 46.6 Å². The summed E-state index contributed by atoms with van der Waals surface area (Å²) in [4.78, 5) is 18.8. The number of guanidine groups is 1. The van der Waals surface area contributed by atoms with Crippen LogP contribution in [0.1, 0.15) is 59.3 Å². The maximum absolute atomic E-state index is 11.6. The first-order valence-electron chi connectivity index (χ1n) is 9.70. The highest BCUT2D eigenvalue weighted by Gasteiger charge is 2.16. The van der Waals surface area contributed by atoms with Crippen LogP contribution >= 0.6 is 0 Å². The Hall–Kier alpha value is -1.30. The van der Waals surface area contributed by atoms with E-state index in [-0.39, 0.29) is 5.91 Å². The van der Waals surface area contributed by atoms with Crippen LogP contribution in [0.25, 0.3) is 0 Å². The van der Waals surface area contributed by atoms with Gasteiger partial charge >= 0.3 is 0 Å². The Morgan fingerprint density at radius 2 is 2.00 bits per heavy atom. The van der Waals surface area contributed by atoms with Gasteiger partial charge < -0.3 is 20.9 Å². The number of likely N-dealkylation sites (tertiary alicyclic amines) is 1. The molecule has 24 heavy (non-hydrogen) atoms. The Morgan fingerprint density at radius 1 is 1.17 bits per heavy atom. The molecule has 1 heterocycles. The Labute approximate surface area is 147 Å². The number of carbonyl (C=O) groups is 1. The molecule has 1 aliphatic heterocycles. The molecule has 1 unspecified atom stereocenters. The maximum atomic E-state index is 11.6. The van der Waals surface area contributed by atoms with Crippen LogP contribution in [-0.2, 0) is 4.79 Å². The SMILES string of the molecule is CCCNC(=O)CCNC(=NCCCN1CCCCC1C)NCC. The molecular weight excluding hydrogens is 302 g/mol. The molecule has 0 aliphatic carbocycles. The van der Waals surface area contributed by atoms with Crippen molar-refractivity contribution >= 4 is 11.9 Å². The van der Waals surface area contributed by atoms with Gasteiger partial charge in [0.05, 0.1) is 0 Å². The monoisotopic (exact) mass is 339 g/mol. The first-order valence-corrected chi connectivity index (χ1v) is 9.70. The molecule has 1 aliphatic rings. The minimum atomic E-state index is 0.0966. The molecule has 1 amide bonds. The summed E-state index contributed by atoms with van der Waals surface area (Å²) in [5.74, 6) is 0.909. The summed E-state index contributed by atoms with van der Waals surface area (Å²) in [5.41, 5.74) is 0. The molecule has 0 aromatic carbocycles. The summed E-state index contributed by atoms with van der Waals surface area (Å²) in [5, 5.41) is 9.37. The maximum Gasteiger partial charge on any atom is 0.221 e. The van der Waals surface area contributed by atoms with Crippen LogP contribution in [0.3, 0.4) is 0 Å². The number of hydrogen-bond donors (Lipinski definition) is 3. The number of piperidine rings is 1.